The molecule has 23 heavy (non-hydrogen) atoms. The lowest BCUT2D eigenvalue weighted by Gasteiger charge is -2.29. The van der Waals surface area contributed by atoms with Crippen LogP contribution >= 0.6 is 0 Å². The van der Waals surface area contributed by atoms with Crippen LogP contribution in [0.5, 0.6) is 0 Å². The number of carbonyl (C=O) groups excluding carboxylic acids is 2. The zero-order valence-electron chi connectivity index (χ0n) is 12.7. The molecule has 1 aromatic rings. The second-order valence-corrected chi connectivity index (χ2v) is 5.61. The normalized spacial score (nSPS) is 20.9. The molecule has 2 unspecified atom stereocenters. The Hall–Kier alpha value is -2.05. The van der Waals surface area contributed by atoms with Gasteiger partial charge in [-0.3, -0.25) is 9.59 Å². The fraction of sp³-hybridized carbons (Fsp3) is 0.500. The molecule has 1 aromatic carbocycles. The first-order chi connectivity index (χ1) is 11.0. The number of hydrogen-bond acceptors (Lipinski definition) is 3. The van der Waals surface area contributed by atoms with Crippen LogP contribution in [-0.2, 0) is 9.53 Å². The van der Waals surface area contributed by atoms with Gasteiger partial charge in [-0.05, 0) is 30.9 Å². The summed E-state index contributed by atoms with van der Waals surface area (Å²) in [5, 5.41) is 2.49. The highest BCUT2D eigenvalue weighted by Crippen LogP contribution is 2.30. The van der Waals surface area contributed by atoms with Crippen molar-refractivity contribution in [1.29, 1.82) is 0 Å². The number of hydrogen-bond donors (Lipinski definition) is 1. The Balaban J connectivity index is 2.03. The second kappa shape index (κ2) is 7.48. The van der Waals surface area contributed by atoms with Crippen LogP contribution in [0, 0.1) is 29.3 Å². The maximum atomic E-state index is 13.6. The number of amides is 1. The van der Waals surface area contributed by atoms with Gasteiger partial charge in [-0.2, -0.15) is 0 Å². The highest BCUT2D eigenvalue weighted by Gasteiger charge is 2.32. The fourth-order valence-corrected chi connectivity index (χ4v) is 2.93. The lowest BCUT2D eigenvalue weighted by Crippen LogP contribution is -2.38. The third-order valence-electron chi connectivity index (χ3n) is 4.22. The maximum Gasteiger partial charge on any atom is 0.309 e. The molecular weight excluding hydrogens is 311 g/mol. The number of methoxy groups -OCH3 is 1. The summed E-state index contributed by atoms with van der Waals surface area (Å²) in [5.74, 6) is -6.15. The van der Waals surface area contributed by atoms with E-state index in [0.717, 1.165) is 25.3 Å². The molecule has 0 aliphatic heterocycles. The number of benzene rings is 1. The number of halogens is 3. The van der Waals surface area contributed by atoms with E-state index in [-0.39, 0.29) is 24.3 Å². The first kappa shape index (κ1) is 17.3. The average Bonchev–Trinajstić information content (AvgIpc) is 2.57. The van der Waals surface area contributed by atoms with Crippen LogP contribution in [0.15, 0.2) is 12.1 Å². The van der Waals surface area contributed by atoms with Crippen LogP contribution in [-0.4, -0.2) is 25.5 Å². The van der Waals surface area contributed by atoms with E-state index in [1.54, 1.807) is 0 Å². The lowest BCUT2D eigenvalue weighted by atomic mass is 9.79. The summed E-state index contributed by atoms with van der Waals surface area (Å²) in [6, 6.07) is 1.59. The first-order valence-electron chi connectivity index (χ1n) is 7.45. The largest absolute Gasteiger partial charge is 0.469 e. The molecule has 1 fully saturated rings. The van der Waals surface area contributed by atoms with Crippen LogP contribution in [0.2, 0.25) is 0 Å². The van der Waals surface area contributed by atoms with Crippen molar-refractivity contribution >= 4 is 11.9 Å². The highest BCUT2D eigenvalue weighted by atomic mass is 19.2. The summed E-state index contributed by atoms with van der Waals surface area (Å²) < 4.78 is 44.4. The minimum Gasteiger partial charge on any atom is -0.469 e. The Bertz CT molecular complexity index is 606. The number of rotatable bonds is 4. The smallest absolute Gasteiger partial charge is 0.309 e. The fourth-order valence-electron chi connectivity index (χ4n) is 2.93. The molecule has 0 heterocycles. The summed E-state index contributed by atoms with van der Waals surface area (Å²) >= 11 is 0. The summed E-state index contributed by atoms with van der Waals surface area (Å²) in [6.45, 7) is 0.150. The van der Waals surface area contributed by atoms with Gasteiger partial charge in [0.25, 0.3) is 5.91 Å². The summed E-state index contributed by atoms with van der Waals surface area (Å²) in [5.41, 5.74) is -0.561. The van der Waals surface area contributed by atoms with Gasteiger partial charge in [0.2, 0.25) is 0 Å². The zero-order chi connectivity index (χ0) is 17.0. The molecule has 1 N–H and O–H groups in total. The van der Waals surface area contributed by atoms with Crippen LogP contribution in [0.1, 0.15) is 36.0 Å². The van der Waals surface area contributed by atoms with Gasteiger partial charge < -0.3 is 10.1 Å². The van der Waals surface area contributed by atoms with Gasteiger partial charge in [0.05, 0.1) is 18.6 Å². The number of ether oxygens (including phenoxy) is 1. The van der Waals surface area contributed by atoms with Crippen molar-refractivity contribution in [2.75, 3.05) is 13.7 Å². The quantitative estimate of drug-likeness (QED) is 0.683. The molecule has 0 bridgehead atoms. The Morgan fingerprint density at radius 3 is 2.57 bits per heavy atom. The van der Waals surface area contributed by atoms with Crippen molar-refractivity contribution in [1.82, 2.24) is 5.32 Å². The molecule has 0 saturated heterocycles. The summed E-state index contributed by atoms with van der Waals surface area (Å²) in [6.07, 6.45) is 3.24. The molecule has 2 atom stereocenters. The highest BCUT2D eigenvalue weighted by molar-refractivity contribution is 5.94. The van der Waals surface area contributed by atoms with Crippen molar-refractivity contribution in [2.24, 2.45) is 11.8 Å². The van der Waals surface area contributed by atoms with Gasteiger partial charge in [0.1, 0.15) is 0 Å². The lowest BCUT2D eigenvalue weighted by molar-refractivity contribution is -0.148. The van der Waals surface area contributed by atoms with Crippen molar-refractivity contribution in [2.45, 2.75) is 25.7 Å². The van der Waals surface area contributed by atoms with Gasteiger partial charge in [0, 0.05) is 6.54 Å². The SMILES string of the molecule is COC(=O)C1CCCCC1CNC(=O)c1ccc(F)c(F)c1F. The van der Waals surface area contributed by atoms with Crippen LogP contribution in [0.25, 0.3) is 0 Å². The maximum absolute atomic E-state index is 13.6. The van der Waals surface area contributed by atoms with E-state index >= 15 is 0 Å². The van der Waals surface area contributed by atoms with E-state index in [0.29, 0.717) is 12.5 Å². The van der Waals surface area contributed by atoms with Crippen LogP contribution in [0.4, 0.5) is 13.2 Å². The number of nitrogens with one attached hydrogen (secondary N) is 1. The molecule has 1 amide bonds. The van der Waals surface area contributed by atoms with Crippen LogP contribution < -0.4 is 5.32 Å². The third kappa shape index (κ3) is 3.83. The van der Waals surface area contributed by atoms with Gasteiger partial charge in [-0.15, -0.1) is 0 Å². The summed E-state index contributed by atoms with van der Waals surface area (Å²) in [7, 11) is 1.31. The van der Waals surface area contributed by atoms with Crippen molar-refractivity contribution in [3.8, 4) is 0 Å². The third-order valence-corrected chi connectivity index (χ3v) is 4.22. The topological polar surface area (TPSA) is 55.4 Å². The van der Waals surface area contributed by atoms with E-state index in [4.69, 9.17) is 4.74 Å². The minimum absolute atomic E-state index is 0.117. The molecule has 4 nitrogen and oxygen atoms in total. The van der Waals surface area contributed by atoms with Gasteiger partial charge >= 0.3 is 5.97 Å². The molecule has 2 rings (SSSR count). The van der Waals surface area contributed by atoms with Crippen LogP contribution in [0.3, 0.4) is 0 Å². The van der Waals surface area contributed by atoms with E-state index in [1.807, 2.05) is 0 Å². The molecule has 1 saturated carbocycles. The first-order valence-corrected chi connectivity index (χ1v) is 7.45. The Kier molecular flexibility index (Phi) is 5.63. The van der Waals surface area contributed by atoms with Gasteiger partial charge in [-0.1, -0.05) is 12.8 Å². The molecule has 0 aromatic heterocycles. The van der Waals surface area contributed by atoms with Crippen molar-refractivity contribution < 1.29 is 27.5 Å². The van der Waals surface area contributed by atoms with Crippen molar-refractivity contribution in [3.05, 3.63) is 35.1 Å². The van der Waals surface area contributed by atoms with E-state index in [2.05, 4.69) is 5.32 Å². The average molecular weight is 329 g/mol. The predicted octanol–water partition coefficient (Wildman–Crippen LogP) is 2.81. The van der Waals surface area contributed by atoms with E-state index in [1.165, 1.54) is 7.11 Å². The Morgan fingerprint density at radius 1 is 1.17 bits per heavy atom. The van der Waals surface area contributed by atoms with E-state index < -0.39 is 28.9 Å². The standard InChI is InChI=1S/C16H18F3NO3/c1-23-16(22)10-5-3-2-4-9(10)8-20-15(21)11-6-7-12(17)14(19)13(11)18/h6-7,9-10H,2-5,8H2,1H3,(H,20,21). The number of esters is 1. The monoisotopic (exact) mass is 329 g/mol. The van der Waals surface area contributed by atoms with Crippen molar-refractivity contribution in [3.63, 3.8) is 0 Å². The molecule has 1 aliphatic carbocycles. The molecule has 7 heteroatoms. The number of carbonyl (C=O) groups is 2. The zero-order valence-corrected chi connectivity index (χ0v) is 12.7. The second-order valence-electron chi connectivity index (χ2n) is 5.61. The molecule has 1 aliphatic rings. The van der Waals surface area contributed by atoms with Gasteiger partial charge in [-0.25, -0.2) is 13.2 Å². The molecule has 126 valence electrons. The van der Waals surface area contributed by atoms with Gasteiger partial charge in [0.15, 0.2) is 17.5 Å². The predicted molar refractivity (Wildman–Crippen MR) is 76.1 cm³/mol. The Morgan fingerprint density at radius 2 is 1.87 bits per heavy atom. The minimum atomic E-state index is -1.68. The Labute approximate surface area is 132 Å². The molecule has 0 spiro atoms. The van der Waals surface area contributed by atoms with E-state index in [9.17, 15) is 22.8 Å². The molecule has 0 radical (unpaired) electrons. The molecular formula is C16H18F3NO3. The summed E-state index contributed by atoms with van der Waals surface area (Å²) in [4.78, 5) is 23.7.